The van der Waals surface area contributed by atoms with Crippen molar-refractivity contribution in [1.82, 2.24) is 19.6 Å². The molecule has 3 aromatic carbocycles. The minimum absolute atomic E-state index is 0.0112. The summed E-state index contributed by atoms with van der Waals surface area (Å²) in [5.41, 5.74) is 0.108. The quantitative estimate of drug-likeness (QED) is 0.134. The molecular formula is C34H39Cl2N5O6S. The zero-order valence-electron chi connectivity index (χ0n) is 27.2. The van der Waals surface area contributed by atoms with Gasteiger partial charge in [0.25, 0.3) is 0 Å². The van der Waals surface area contributed by atoms with E-state index >= 15 is 0 Å². The molecule has 0 unspecified atom stereocenters. The topological polar surface area (TPSA) is 143 Å². The Morgan fingerprint density at radius 1 is 0.938 bits per heavy atom. The van der Waals surface area contributed by atoms with E-state index < -0.39 is 21.2 Å². The lowest BCUT2D eigenvalue weighted by Crippen LogP contribution is -2.44. The molecule has 0 bridgehead atoms. The van der Waals surface area contributed by atoms with Gasteiger partial charge in [0.05, 0.1) is 11.8 Å². The third-order valence-corrected chi connectivity index (χ3v) is 9.03. The van der Waals surface area contributed by atoms with Crippen LogP contribution in [0.3, 0.4) is 0 Å². The predicted octanol–water partition coefficient (Wildman–Crippen LogP) is 5.96. The predicted molar refractivity (Wildman–Crippen MR) is 187 cm³/mol. The number of aromatic nitrogens is 2. The van der Waals surface area contributed by atoms with Gasteiger partial charge in [0.1, 0.15) is 23.6 Å². The molecule has 4 aromatic rings. The highest BCUT2D eigenvalue weighted by molar-refractivity contribution is 7.88. The number of carbonyl (C=O) groups excluding carboxylic acids is 1. The average molecular weight is 717 g/mol. The monoisotopic (exact) mass is 715 g/mol. The molecule has 0 atom stereocenters. The van der Waals surface area contributed by atoms with E-state index in [1.54, 1.807) is 65.6 Å². The molecule has 0 spiro atoms. The first-order chi connectivity index (χ1) is 22.6. The van der Waals surface area contributed by atoms with Crippen molar-refractivity contribution in [3.63, 3.8) is 0 Å². The lowest BCUT2D eigenvalue weighted by Gasteiger charge is -2.34. The van der Waals surface area contributed by atoms with Crippen LogP contribution in [-0.4, -0.2) is 78.6 Å². The molecule has 0 radical (unpaired) electrons. The summed E-state index contributed by atoms with van der Waals surface area (Å²) in [6.45, 7) is 6.56. The minimum Gasteiger partial charge on any atom is -0.462 e. The summed E-state index contributed by atoms with van der Waals surface area (Å²) in [5, 5.41) is 17.7. The lowest BCUT2D eigenvalue weighted by atomic mass is 9.80. The second-order valence-electron chi connectivity index (χ2n) is 12.7. The fourth-order valence-electron chi connectivity index (χ4n) is 5.48. The smallest absolute Gasteiger partial charge is 0.410 e. The van der Waals surface area contributed by atoms with Crippen LogP contribution in [0.5, 0.6) is 6.01 Å². The molecule has 0 aliphatic carbocycles. The maximum atomic E-state index is 12.7. The summed E-state index contributed by atoms with van der Waals surface area (Å²) < 4.78 is 36.7. The van der Waals surface area contributed by atoms with Crippen molar-refractivity contribution in [3.05, 3.63) is 93.5 Å². The van der Waals surface area contributed by atoms with Gasteiger partial charge in [0, 0.05) is 41.1 Å². The number of carbonyl (C=O) groups is 1. The van der Waals surface area contributed by atoms with Crippen molar-refractivity contribution in [2.45, 2.75) is 50.9 Å². The number of amides is 1. The Kier molecular flexibility index (Phi) is 10.7. The number of sulfonamides is 1. The highest BCUT2D eigenvalue weighted by Gasteiger charge is 2.35. The van der Waals surface area contributed by atoms with Crippen molar-refractivity contribution in [3.8, 4) is 6.01 Å². The highest BCUT2D eigenvalue weighted by atomic mass is 35.5. The number of nitrogens with one attached hydrogen (secondary N) is 2. The molecule has 1 aliphatic rings. The number of piperidine rings is 1. The van der Waals surface area contributed by atoms with E-state index in [2.05, 4.69) is 20.0 Å². The molecule has 1 amide bonds. The number of fused-ring (bicyclic) bond motifs is 1. The molecule has 5 rings (SSSR count). The fraction of sp³-hybridized carbons (Fsp3) is 0.382. The Labute approximate surface area is 290 Å². The second-order valence-corrected chi connectivity index (χ2v) is 15.4. The molecule has 1 fully saturated rings. The number of likely N-dealkylation sites (tertiary alicyclic amines) is 1. The standard InChI is InChI=1S/C34H39Cl2N5O6S/c1-33(2,3)47-32(42)41-18-15-27(16-19-41)38-30-28-21-24(9-14-29(28)39-31(40-30)46-20-17-37-48(4,44)45)34(43,22-5-10-25(35)11-6-22)23-7-12-26(36)13-8-23/h5-14,21,27,37,43H,15-20H2,1-4H3,(H,38,39,40). The summed E-state index contributed by atoms with van der Waals surface area (Å²) in [7, 11) is -3.39. The molecule has 1 aliphatic heterocycles. The third kappa shape index (κ3) is 8.86. The summed E-state index contributed by atoms with van der Waals surface area (Å²) in [6.07, 6.45) is 2.00. The van der Waals surface area contributed by atoms with Gasteiger partial charge < -0.3 is 24.8 Å². The van der Waals surface area contributed by atoms with Crippen molar-refractivity contribution < 1.29 is 27.8 Å². The summed E-state index contributed by atoms with van der Waals surface area (Å²) in [4.78, 5) is 23.6. The number of anilines is 1. The average Bonchev–Trinajstić information content (AvgIpc) is 3.02. The van der Waals surface area contributed by atoms with E-state index in [1.165, 1.54) is 0 Å². The Morgan fingerprint density at radius 2 is 1.50 bits per heavy atom. The van der Waals surface area contributed by atoms with Crippen LogP contribution < -0.4 is 14.8 Å². The maximum Gasteiger partial charge on any atom is 0.410 e. The number of halogens is 2. The van der Waals surface area contributed by atoms with Gasteiger partial charge in [-0.05, 0) is 86.7 Å². The first-order valence-corrected chi connectivity index (χ1v) is 18.1. The molecule has 1 saturated heterocycles. The van der Waals surface area contributed by atoms with Crippen molar-refractivity contribution >= 4 is 56.0 Å². The van der Waals surface area contributed by atoms with E-state index in [1.807, 2.05) is 26.8 Å². The van der Waals surface area contributed by atoms with Crippen LogP contribution in [0.1, 0.15) is 50.3 Å². The van der Waals surface area contributed by atoms with Gasteiger partial charge in [-0.3, -0.25) is 0 Å². The van der Waals surface area contributed by atoms with E-state index in [4.69, 9.17) is 32.7 Å². The normalized spacial score (nSPS) is 14.6. The van der Waals surface area contributed by atoms with Gasteiger partial charge in [-0.25, -0.2) is 17.9 Å². The Morgan fingerprint density at radius 3 is 2.04 bits per heavy atom. The second kappa shape index (κ2) is 14.4. The zero-order valence-corrected chi connectivity index (χ0v) is 29.5. The van der Waals surface area contributed by atoms with Crippen LogP contribution in [0.2, 0.25) is 10.0 Å². The Hall–Kier alpha value is -3.68. The van der Waals surface area contributed by atoms with Gasteiger partial charge >= 0.3 is 12.1 Å². The van der Waals surface area contributed by atoms with E-state index in [0.29, 0.717) is 69.4 Å². The van der Waals surface area contributed by atoms with Crippen molar-refractivity contribution in [2.24, 2.45) is 0 Å². The molecule has 11 nitrogen and oxygen atoms in total. The molecule has 14 heteroatoms. The molecule has 1 aromatic heterocycles. The molecule has 256 valence electrons. The Bertz CT molecular complexity index is 1810. The molecule has 0 saturated carbocycles. The van der Waals surface area contributed by atoms with Crippen LogP contribution in [0.15, 0.2) is 66.7 Å². The van der Waals surface area contributed by atoms with Gasteiger partial charge in [0.2, 0.25) is 10.0 Å². The molecule has 3 N–H and O–H groups in total. The third-order valence-electron chi connectivity index (χ3n) is 7.80. The number of hydrogen-bond donors (Lipinski definition) is 3. The van der Waals surface area contributed by atoms with Crippen LogP contribution in [0.25, 0.3) is 10.9 Å². The number of hydrogen-bond acceptors (Lipinski definition) is 9. The number of benzene rings is 3. The fourth-order valence-corrected chi connectivity index (χ4v) is 6.19. The zero-order chi connectivity index (χ0) is 34.7. The van der Waals surface area contributed by atoms with E-state index in [-0.39, 0.29) is 31.3 Å². The number of aliphatic hydroxyl groups is 1. The number of ether oxygens (including phenoxy) is 2. The first kappa shape index (κ1) is 35.6. The Balaban J connectivity index is 1.51. The van der Waals surface area contributed by atoms with Gasteiger partial charge in [-0.1, -0.05) is 53.5 Å². The molecule has 2 heterocycles. The summed E-state index contributed by atoms with van der Waals surface area (Å²) in [5.74, 6) is 0.471. The maximum absolute atomic E-state index is 12.7. The van der Waals surface area contributed by atoms with Crippen LogP contribution >= 0.6 is 23.2 Å². The number of rotatable bonds is 10. The minimum atomic E-state index is -3.39. The van der Waals surface area contributed by atoms with E-state index in [0.717, 1.165) is 6.26 Å². The van der Waals surface area contributed by atoms with E-state index in [9.17, 15) is 18.3 Å². The molecular weight excluding hydrogens is 677 g/mol. The SMILES string of the molecule is CC(C)(C)OC(=O)N1CCC(Nc2nc(OCCNS(C)(=O)=O)nc3ccc(C(O)(c4ccc(Cl)cc4)c4ccc(Cl)cc4)cc23)CC1. The largest absolute Gasteiger partial charge is 0.462 e. The van der Waals surface area contributed by atoms with Crippen LogP contribution in [0.4, 0.5) is 10.6 Å². The van der Waals surface area contributed by atoms with Gasteiger partial charge in [0.15, 0.2) is 0 Å². The van der Waals surface area contributed by atoms with Crippen LogP contribution in [0, 0.1) is 0 Å². The highest BCUT2D eigenvalue weighted by Crippen LogP contribution is 2.40. The van der Waals surface area contributed by atoms with Crippen molar-refractivity contribution in [2.75, 3.05) is 37.8 Å². The first-order valence-electron chi connectivity index (χ1n) is 15.5. The van der Waals surface area contributed by atoms with Crippen molar-refractivity contribution in [1.29, 1.82) is 0 Å². The number of nitrogens with zero attached hydrogens (tertiary/aromatic N) is 3. The summed E-state index contributed by atoms with van der Waals surface area (Å²) >= 11 is 12.4. The summed E-state index contributed by atoms with van der Waals surface area (Å²) in [6, 6.07) is 19.4. The van der Waals surface area contributed by atoms with Gasteiger partial charge in [-0.15, -0.1) is 0 Å². The molecule has 48 heavy (non-hydrogen) atoms. The van der Waals surface area contributed by atoms with Crippen LogP contribution in [-0.2, 0) is 20.4 Å². The van der Waals surface area contributed by atoms with Gasteiger partial charge in [-0.2, -0.15) is 9.97 Å². The lowest BCUT2D eigenvalue weighted by molar-refractivity contribution is 0.0210.